The van der Waals surface area contributed by atoms with Crippen molar-refractivity contribution in [3.05, 3.63) is 60.2 Å². The predicted octanol–water partition coefficient (Wildman–Crippen LogP) is 3.42. The molecule has 39 heavy (non-hydrogen) atoms. The number of hydrazine groups is 1. The van der Waals surface area contributed by atoms with Crippen molar-refractivity contribution in [2.75, 3.05) is 25.5 Å². The molecule has 0 spiro atoms. The molecule has 1 aliphatic heterocycles. The predicted molar refractivity (Wildman–Crippen MR) is 149 cm³/mol. The quantitative estimate of drug-likeness (QED) is 0.254. The van der Waals surface area contributed by atoms with Crippen LogP contribution in [0.3, 0.4) is 0 Å². The number of nitrogens with zero attached hydrogens (tertiary/aromatic N) is 1. The van der Waals surface area contributed by atoms with Gasteiger partial charge in [-0.15, -0.1) is 0 Å². The van der Waals surface area contributed by atoms with E-state index in [9.17, 15) is 13.2 Å². The van der Waals surface area contributed by atoms with Crippen LogP contribution in [0.25, 0.3) is 0 Å². The van der Waals surface area contributed by atoms with Crippen LogP contribution in [0.5, 0.6) is 5.75 Å². The molecule has 212 valence electrons. The zero-order valence-electron chi connectivity index (χ0n) is 22.5. The lowest BCUT2D eigenvalue weighted by molar-refractivity contribution is -0.129. The fraction of sp³-hybridized carbons (Fsp3) is 0.517. The van der Waals surface area contributed by atoms with Gasteiger partial charge in [0.15, 0.2) is 15.4 Å². The van der Waals surface area contributed by atoms with E-state index in [4.69, 9.17) is 19.6 Å². The van der Waals surface area contributed by atoms with E-state index in [0.717, 1.165) is 12.8 Å². The lowest BCUT2D eigenvalue weighted by Gasteiger charge is -2.29. The van der Waals surface area contributed by atoms with Gasteiger partial charge in [0.2, 0.25) is 5.90 Å². The fourth-order valence-corrected chi connectivity index (χ4v) is 6.45. The summed E-state index contributed by atoms with van der Waals surface area (Å²) < 4.78 is 37.9. The number of sulfone groups is 1. The first-order chi connectivity index (χ1) is 18.8. The molecule has 1 aliphatic carbocycles. The molecule has 1 fully saturated rings. The SMILES string of the molecule is C[C@@H]1OC(c2ccc(OCCCO)cc2)=N[C@]1(CCS(=O)(=O)c1ccccc1)C(=O)NNCC1CCCCC1. The molecule has 0 radical (unpaired) electrons. The first kappa shape index (κ1) is 29.0. The molecule has 2 atom stereocenters. The van der Waals surface area contributed by atoms with Crippen molar-refractivity contribution in [2.45, 2.75) is 68.4 Å². The highest BCUT2D eigenvalue weighted by Crippen LogP contribution is 2.33. The number of nitrogens with one attached hydrogen (secondary N) is 2. The summed E-state index contributed by atoms with van der Waals surface area (Å²) in [6.45, 7) is 2.87. The summed E-state index contributed by atoms with van der Waals surface area (Å²) in [5, 5.41) is 8.94. The normalized spacial score (nSPS) is 21.7. The third kappa shape index (κ3) is 7.38. The number of rotatable bonds is 13. The molecule has 2 aliphatic rings. The first-order valence-electron chi connectivity index (χ1n) is 13.8. The van der Waals surface area contributed by atoms with Crippen molar-refractivity contribution < 1.29 is 27.8 Å². The van der Waals surface area contributed by atoms with Crippen molar-refractivity contribution in [3.63, 3.8) is 0 Å². The summed E-state index contributed by atoms with van der Waals surface area (Å²) >= 11 is 0. The highest BCUT2D eigenvalue weighted by Gasteiger charge is 2.50. The maximum Gasteiger partial charge on any atom is 0.266 e. The molecule has 0 saturated heterocycles. The maximum atomic E-state index is 13.7. The second kappa shape index (κ2) is 13.4. The van der Waals surface area contributed by atoms with Gasteiger partial charge >= 0.3 is 0 Å². The van der Waals surface area contributed by atoms with Gasteiger partial charge in [0, 0.05) is 25.1 Å². The van der Waals surface area contributed by atoms with Gasteiger partial charge in [0.25, 0.3) is 5.91 Å². The van der Waals surface area contributed by atoms with Crippen LogP contribution in [-0.2, 0) is 19.4 Å². The first-order valence-corrected chi connectivity index (χ1v) is 15.4. The molecule has 3 N–H and O–H groups in total. The molecule has 1 saturated carbocycles. The van der Waals surface area contributed by atoms with E-state index in [0.29, 0.717) is 36.8 Å². The van der Waals surface area contributed by atoms with Gasteiger partial charge < -0.3 is 14.6 Å². The van der Waals surface area contributed by atoms with E-state index in [1.807, 2.05) is 0 Å². The van der Waals surface area contributed by atoms with Crippen LogP contribution >= 0.6 is 0 Å². The number of amides is 1. The zero-order valence-corrected chi connectivity index (χ0v) is 23.3. The Labute approximate surface area is 230 Å². The number of benzene rings is 2. The number of carbonyl (C=O) groups is 1. The van der Waals surface area contributed by atoms with Gasteiger partial charge in [-0.25, -0.2) is 18.8 Å². The van der Waals surface area contributed by atoms with E-state index >= 15 is 0 Å². The summed E-state index contributed by atoms with van der Waals surface area (Å²) in [5.41, 5.74) is 5.14. The lowest BCUT2D eigenvalue weighted by atomic mass is 9.89. The molecular formula is C29H39N3O6S. The highest BCUT2D eigenvalue weighted by molar-refractivity contribution is 7.91. The molecule has 0 bridgehead atoms. The number of aliphatic imine (C=N–C) groups is 1. The summed E-state index contributed by atoms with van der Waals surface area (Å²) in [4.78, 5) is 18.6. The van der Waals surface area contributed by atoms with Crippen LogP contribution in [0.4, 0.5) is 0 Å². The number of hydrogen-bond acceptors (Lipinski definition) is 8. The summed E-state index contributed by atoms with van der Waals surface area (Å²) in [7, 11) is -3.64. The number of aliphatic hydroxyl groups is 1. The lowest BCUT2D eigenvalue weighted by Crippen LogP contribution is -2.56. The fourth-order valence-electron chi connectivity index (χ4n) is 5.06. The number of hydrogen-bond donors (Lipinski definition) is 3. The van der Waals surface area contributed by atoms with E-state index in [1.165, 1.54) is 19.3 Å². The summed E-state index contributed by atoms with van der Waals surface area (Å²) in [5.74, 6) is 0.762. The van der Waals surface area contributed by atoms with Crippen LogP contribution in [0, 0.1) is 5.92 Å². The van der Waals surface area contributed by atoms with Crippen LogP contribution in [0.1, 0.15) is 57.4 Å². The van der Waals surface area contributed by atoms with E-state index in [2.05, 4.69) is 10.9 Å². The molecule has 0 unspecified atom stereocenters. The second-order valence-electron chi connectivity index (χ2n) is 10.3. The van der Waals surface area contributed by atoms with Crippen LogP contribution in [0.15, 0.2) is 64.5 Å². The van der Waals surface area contributed by atoms with E-state index in [1.54, 1.807) is 61.5 Å². The average molecular weight is 558 g/mol. The Bertz CT molecular complexity index is 1210. The van der Waals surface area contributed by atoms with Crippen molar-refractivity contribution >= 4 is 21.6 Å². The minimum absolute atomic E-state index is 0.0335. The Morgan fingerprint density at radius 3 is 2.51 bits per heavy atom. The Balaban J connectivity index is 1.53. The number of carbonyl (C=O) groups excluding carboxylic acids is 1. The summed E-state index contributed by atoms with van der Waals surface area (Å²) in [6, 6.07) is 15.4. The average Bonchev–Trinajstić information content (AvgIpc) is 3.30. The zero-order chi connectivity index (χ0) is 27.7. The second-order valence-corrected chi connectivity index (χ2v) is 12.4. The molecule has 1 amide bonds. The van der Waals surface area contributed by atoms with Gasteiger partial charge in [-0.1, -0.05) is 37.5 Å². The maximum absolute atomic E-state index is 13.7. The number of aliphatic hydroxyl groups excluding tert-OH is 1. The molecule has 1 heterocycles. The highest BCUT2D eigenvalue weighted by atomic mass is 32.2. The van der Waals surface area contributed by atoms with Crippen molar-refractivity contribution in [2.24, 2.45) is 10.9 Å². The Hall–Kier alpha value is -2.95. The van der Waals surface area contributed by atoms with Crippen LogP contribution < -0.4 is 15.6 Å². The largest absolute Gasteiger partial charge is 0.494 e. The summed E-state index contributed by atoms with van der Waals surface area (Å²) in [6.07, 6.45) is 5.73. The van der Waals surface area contributed by atoms with Crippen LogP contribution in [0.2, 0.25) is 0 Å². The van der Waals surface area contributed by atoms with Crippen molar-refractivity contribution in [3.8, 4) is 5.75 Å². The Kier molecular flexibility index (Phi) is 9.99. The molecule has 2 aromatic rings. The minimum Gasteiger partial charge on any atom is -0.494 e. The molecule has 0 aromatic heterocycles. The number of ether oxygens (including phenoxy) is 2. The van der Waals surface area contributed by atoms with Crippen molar-refractivity contribution in [1.82, 2.24) is 10.9 Å². The monoisotopic (exact) mass is 557 g/mol. The topological polar surface area (TPSA) is 126 Å². The van der Waals surface area contributed by atoms with E-state index < -0.39 is 27.4 Å². The van der Waals surface area contributed by atoms with Gasteiger partial charge in [0.1, 0.15) is 11.9 Å². The standard InChI is InChI=1S/C29H39N3O6S/c1-22-29(17-20-39(35,36)26-11-6-3-7-12-26,28(34)32-30-21-23-9-4-2-5-10-23)31-27(38-22)24-13-15-25(16-14-24)37-19-8-18-33/h3,6-7,11-16,22-23,30,33H,2,4-5,8-10,17-21H2,1H3,(H,32,34)/t22-,29-/m0/s1. The van der Waals surface area contributed by atoms with E-state index in [-0.39, 0.29) is 29.6 Å². The Morgan fingerprint density at radius 2 is 1.82 bits per heavy atom. The smallest absolute Gasteiger partial charge is 0.266 e. The van der Waals surface area contributed by atoms with Gasteiger partial charge in [0.05, 0.1) is 17.3 Å². The van der Waals surface area contributed by atoms with Crippen LogP contribution in [-0.4, -0.2) is 62.5 Å². The van der Waals surface area contributed by atoms with Crippen molar-refractivity contribution in [1.29, 1.82) is 0 Å². The third-order valence-electron chi connectivity index (χ3n) is 7.50. The Morgan fingerprint density at radius 1 is 1.10 bits per heavy atom. The molecule has 10 heteroatoms. The minimum atomic E-state index is -3.64. The molecule has 9 nitrogen and oxygen atoms in total. The molecule has 2 aromatic carbocycles. The van der Waals surface area contributed by atoms with Gasteiger partial charge in [-0.3, -0.25) is 10.2 Å². The van der Waals surface area contributed by atoms with Gasteiger partial charge in [-0.05, 0) is 68.5 Å². The van der Waals surface area contributed by atoms with Gasteiger partial charge in [-0.2, -0.15) is 0 Å². The molecular weight excluding hydrogens is 518 g/mol. The third-order valence-corrected chi connectivity index (χ3v) is 9.23. The molecule has 4 rings (SSSR count).